The van der Waals surface area contributed by atoms with E-state index in [1.54, 1.807) is 6.92 Å². The van der Waals surface area contributed by atoms with Gasteiger partial charge in [-0.1, -0.05) is 44.2 Å². The van der Waals surface area contributed by atoms with Gasteiger partial charge in [0.25, 0.3) is 5.91 Å². The van der Waals surface area contributed by atoms with E-state index in [0.29, 0.717) is 17.4 Å². The second-order valence-corrected chi connectivity index (χ2v) is 7.38. The largest absolute Gasteiger partial charge is 0.481 e. The summed E-state index contributed by atoms with van der Waals surface area (Å²) in [5.41, 5.74) is 2.89. The van der Waals surface area contributed by atoms with Crippen LogP contribution in [0.25, 0.3) is 0 Å². The van der Waals surface area contributed by atoms with Crippen LogP contribution in [0.3, 0.4) is 0 Å². The molecule has 0 aliphatic heterocycles. The molecule has 0 aromatic heterocycles. The third kappa shape index (κ3) is 5.61. The summed E-state index contributed by atoms with van der Waals surface area (Å²) < 4.78 is 11.8. The molecule has 29 heavy (non-hydrogen) atoms. The van der Waals surface area contributed by atoms with Crippen LogP contribution in [-0.4, -0.2) is 12.0 Å². The smallest absolute Gasteiger partial charge is 0.265 e. The SMILES string of the molecule is Cc1ccc(C(C)C)c(O[C@@H](C)C(=O)Nc2ccc(Oc3ccccc3)cc2)c1. The lowest BCUT2D eigenvalue weighted by atomic mass is 10.0. The lowest BCUT2D eigenvalue weighted by molar-refractivity contribution is -0.122. The van der Waals surface area contributed by atoms with Gasteiger partial charge in [0.05, 0.1) is 0 Å². The molecule has 1 amide bonds. The molecule has 3 aromatic carbocycles. The summed E-state index contributed by atoms with van der Waals surface area (Å²) >= 11 is 0. The van der Waals surface area contributed by atoms with Gasteiger partial charge in [0.1, 0.15) is 17.2 Å². The Morgan fingerprint density at radius 3 is 2.17 bits per heavy atom. The molecule has 0 heterocycles. The maximum Gasteiger partial charge on any atom is 0.265 e. The number of carbonyl (C=O) groups is 1. The van der Waals surface area contributed by atoms with Gasteiger partial charge >= 0.3 is 0 Å². The van der Waals surface area contributed by atoms with Crippen LogP contribution in [0.5, 0.6) is 17.2 Å². The molecule has 0 unspecified atom stereocenters. The third-order valence-electron chi connectivity index (χ3n) is 4.56. The van der Waals surface area contributed by atoms with E-state index in [2.05, 4.69) is 31.3 Å². The number of anilines is 1. The lowest BCUT2D eigenvalue weighted by Crippen LogP contribution is -2.30. The van der Waals surface area contributed by atoms with E-state index in [0.717, 1.165) is 22.6 Å². The highest BCUT2D eigenvalue weighted by Crippen LogP contribution is 2.28. The molecule has 150 valence electrons. The maximum atomic E-state index is 12.6. The van der Waals surface area contributed by atoms with Crippen LogP contribution in [0.2, 0.25) is 0 Å². The number of hydrogen-bond acceptors (Lipinski definition) is 3. The van der Waals surface area contributed by atoms with Crippen LogP contribution in [0.1, 0.15) is 37.8 Å². The minimum Gasteiger partial charge on any atom is -0.481 e. The Labute approximate surface area is 172 Å². The van der Waals surface area contributed by atoms with E-state index in [4.69, 9.17) is 9.47 Å². The van der Waals surface area contributed by atoms with Gasteiger partial charge in [-0.15, -0.1) is 0 Å². The molecule has 4 nitrogen and oxygen atoms in total. The summed E-state index contributed by atoms with van der Waals surface area (Å²) in [5.74, 6) is 2.36. The van der Waals surface area contributed by atoms with Gasteiger partial charge in [0, 0.05) is 5.69 Å². The summed E-state index contributed by atoms with van der Waals surface area (Å²) in [6.45, 7) is 8.00. The monoisotopic (exact) mass is 389 g/mol. The first-order valence-electron chi connectivity index (χ1n) is 9.83. The summed E-state index contributed by atoms with van der Waals surface area (Å²) in [4.78, 5) is 12.6. The quantitative estimate of drug-likeness (QED) is 0.514. The van der Waals surface area contributed by atoms with Crippen molar-refractivity contribution in [2.45, 2.75) is 39.7 Å². The van der Waals surface area contributed by atoms with Crippen LogP contribution >= 0.6 is 0 Å². The number of rotatable bonds is 7. The summed E-state index contributed by atoms with van der Waals surface area (Å²) in [7, 11) is 0. The summed E-state index contributed by atoms with van der Waals surface area (Å²) in [6.07, 6.45) is -0.616. The molecule has 4 heteroatoms. The Hall–Kier alpha value is -3.27. The van der Waals surface area contributed by atoms with Crippen molar-refractivity contribution in [1.29, 1.82) is 0 Å². The van der Waals surface area contributed by atoms with Crippen molar-refractivity contribution in [3.8, 4) is 17.2 Å². The molecule has 3 rings (SSSR count). The fraction of sp³-hybridized carbons (Fsp3) is 0.240. The second kappa shape index (κ2) is 9.28. The number of ether oxygens (including phenoxy) is 2. The summed E-state index contributed by atoms with van der Waals surface area (Å²) in [6, 6.07) is 23.0. The van der Waals surface area contributed by atoms with Crippen molar-refractivity contribution in [3.63, 3.8) is 0 Å². The van der Waals surface area contributed by atoms with Gasteiger partial charge in [-0.2, -0.15) is 0 Å². The molecule has 0 spiro atoms. The molecule has 0 aliphatic carbocycles. The highest BCUT2D eigenvalue weighted by Gasteiger charge is 2.18. The second-order valence-electron chi connectivity index (χ2n) is 7.38. The van der Waals surface area contributed by atoms with Crippen molar-refractivity contribution < 1.29 is 14.3 Å². The zero-order chi connectivity index (χ0) is 20.8. The first-order chi connectivity index (χ1) is 13.9. The number of para-hydroxylation sites is 1. The standard InChI is InChI=1S/C25H27NO3/c1-17(2)23-15-10-18(3)16-24(23)28-19(4)25(27)26-20-11-13-22(14-12-20)29-21-8-6-5-7-9-21/h5-17,19H,1-4H3,(H,26,27)/t19-/m0/s1. The van der Waals surface area contributed by atoms with Crippen LogP contribution in [0, 0.1) is 6.92 Å². The maximum absolute atomic E-state index is 12.6. The number of hydrogen-bond donors (Lipinski definition) is 1. The van der Waals surface area contributed by atoms with Crippen molar-refractivity contribution in [3.05, 3.63) is 83.9 Å². The molecule has 0 bridgehead atoms. The van der Waals surface area contributed by atoms with Crippen LogP contribution in [-0.2, 0) is 4.79 Å². The lowest BCUT2D eigenvalue weighted by Gasteiger charge is -2.19. The molecule has 0 aliphatic rings. The predicted molar refractivity (Wildman–Crippen MR) is 117 cm³/mol. The Morgan fingerprint density at radius 1 is 0.862 bits per heavy atom. The highest BCUT2D eigenvalue weighted by atomic mass is 16.5. The van der Waals surface area contributed by atoms with Crippen molar-refractivity contribution >= 4 is 11.6 Å². The topological polar surface area (TPSA) is 47.6 Å². The van der Waals surface area contributed by atoms with E-state index in [9.17, 15) is 4.79 Å². The summed E-state index contributed by atoms with van der Waals surface area (Å²) in [5, 5.41) is 2.90. The molecule has 0 saturated heterocycles. The normalized spacial score (nSPS) is 11.8. The van der Waals surface area contributed by atoms with E-state index >= 15 is 0 Å². The molecule has 0 saturated carbocycles. The van der Waals surface area contributed by atoms with Crippen LogP contribution in [0.4, 0.5) is 5.69 Å². The highest BCUT2D eigenvalue weighted by molar-refractivity contribution is 5.94. The van der Waals surface area contributed by atoms with Crippen LogP contribution < -0.4 is 14.8 Å². The predicted octanol–water partition coefficient (Wildman–Crippen LogP) is 6.32. The van der Waals surface area contributed by atoms with Gasteiger partial charge in [-0.3, -0.25) is 4.79 Å². The first kappa shape index (κ1) is 20.5. The minimum atomic E-state index is -0.616. The number of benzene rings is 3. The molecular weight excluding hydrogens is 362 g/mol. The molecular formula is C25H27NO3. The molecule has 1 atom stereocenters. The molecule has 0 fully saturated rings. The third-order valence-corrected chi connectivity index (χ3v) is 4.56. The first-order valence-corrected chi connectivity index (χ1v) is 9.83. The van der Waals surface area contributed by atoms with Crippen molar-refractivity contribution in [1.82, 2.24) is 0 Å². The number of aryl methyl sites for hydroxylation is 1. The Bertz CT molecular complexity index is 950. The number of carbonyl (C=O) groups excluding carboxylic acids is 1. The molecule has 0 radical (unpaired) electrons. The average molecular weight is 389 g/mol. The van der Waals surface area contributed by atoms with Gasteiger partial charge in [-0.25, -0.2) is 0 Å². The Balaban J connectivity index is 1.62. The van der Waals surface area contributed by atoms with E-state index in [-0.39, 0.29) is 5.91 Å². The Morgan fingerprint density at radius 2 is 1.52 bits per heavy atom. The zero-order valence-corrected chi connectivity index (χ0v) is 17.3. The van der Waals surface area contributed by atoms with E-state index in [1.807, 2.05) is 67.6 Å². The number of amides is 1. The van der Waals surface area contributed by atoms with Gasteiger partial charge in [0.2, 0.25) is 0 Å². The minimum absolute atomic E-state index is 0.196. The van der Waals surface area contributed by atoms with E-state index in [1.165, 1.54) is 0 Å². The fourth-order valence-corrected chi connectivity index (χ4v) is 2.94. The van der Waals surface area contributed by atoms with Gasteiger partial charge < -0.3 is 14.8 Å². The van der Waals surface area contributed by atoms with Gasteiger partial charge in [-0.05, 0) is 73.4 Å². The average Bonchev–Trinajstić information content (AvgIpc) is 2.70. The van der Waals surface area contributed by atoms with Gasteiger partial charge in [0.15, 0.2) is 6.10 Å². The number of nitrogens with one attached hydrogen (secondary N) is 1. The van der Waals surface area contributed by atoms with Crippen LogP contribution in [0.15, 0.2) is 72.8 Å². The van der Waals surface area contributed by atoms with Crippen molar-refractivity contribution in [2.24, 2.45) is 0 Å². The molecule has 1 N–H and O–H groups in total. The zero-order valence-electron chi connectivity index (χ0n) is 17.3. The Kier molecular flexibility index (Phi) is 6.55. The fourth-order valence-electron chi connectivity index (χ4n) is 2.94. The molecule has 3 aromatic rings. The van der Waals surface area contributed by atoms with Crippen molar-refractivity contribution in [2.75, 3.05) is 5.32 Å². The van der Waals surface area contributed by atoms with E-state index < -0.39 is 6.10 Å².